The third-order valence-electron chi connectivity index (χ3n) is 2.67. The van der Waals surface area contributed by atoms with Gasteiger partial charge in [-0.05, 0) is 37.1 Å². The van der Waals surface area contributed by atoms with Crippen molar-refractivity contribution in [3.05, 3.63) is 23.8 Å². The highest BCUT2D eigenvalue weighted by Crippen LogP contribution is 2.21. The summed E-state index contributed by atoms with van der Waals surface area (Å²) in [6.07, 6.45) is -1.79. The highest BCUT2D eigenvalue weighted by atomic mass is 32.2. The number of aliphatic hydroxyl groups is 1. The summed E-state index contributed by atoms with van der Waals surface area (Å²) in [5, 5.41) is 17.5. The highest BCUT2D eigenvalue weighted by Gasteiger charge is 2.17. The third-order valence-corrected chi connectivity index (χ3v) is 4.13. The Bertz CT molecular complexity index is 584. The molecule has 0 saturated heterocycles. The van der Waals surface area contributed by atoms with Crippen LogP contribution in [-0.2, 0) is 14.8 Å². The van der Waals surface area contributed by atoms with Gasteiger partial charge in [-0.3, -0.25) is 0 Å². The van der Waals surface area contributed by atoms with Crippen LogP contribution in [0, 0.1) is 6.92 Å². The molecule has 1 aromatic carbocycles. The van der Waals surface area contributed by atoms with Crippen LogP contribution in [0.5, 0.6) is 5.75 Å². The van der Waals surface area contributed by atoms with Crippen LogP contribution in [0.2, 0.25) is 0 Å². The summed E-state index contributed by atoms with van der Waals surface area (Å²) >= 11 is 0. The minimum atomic E-state index is -3.74. The summed E-state index contributed by atoms with van der Waals surface area (Å²) < 4.78 is 31.2. The fourth-order valence-electron chi connectivity index (χ4n) is 1.55. The van der Waals surface area contributed by atoms with E-state index in [4.69, 9.17) is 14.9 Å². The number of carboxylic acid groups (broad SMARTS) is 1. The number of aliphatic carboxylic acids is 1. The Morgan fingerprint density at radius 1 is 1.45 bits per heavy atom. The second-order valence-electron chi connectivity index (χ2n) is 4.17. The van der Waals surface area contributed by atoms with Crippen molar-refractivity contribution in [2.45, 2.75) is 24.3 Å². The number of methoxy groups -OCH3 is 1. The second kappa shape index (κ2) is 6.69. The van der Waals surface area contributed by atoms with Gasteiger partial charge in [-0.25, -0.2) is 17.9 Å². The lowest BCUT2D eigenvalue weighted by Gasteiger charge is -2.10. The number of rotatable bonds is 7. The average Bonchev–Trinajstić information content (AvgIpc) is 2.38. The van der Waals surface area contributed by atoms with E-state index < -0.39 is 22.1 Å². The van der Waals surface area contributed by atoms with Gasteiger partial charge in [0.25, 0.3) is 0 Å². The monoisotopic (exact) mass is 303 g/mol. The number of carboxylic acids is 1. The Labute approximate surface area is 117 Å². The van der Waals surface area contributed by atoms with Crippen LogP contribution in [0.4, 0.5) is 0 Å². The molecular weight excluding hydrogens is 286 g/mol. The molecule has 7 nitrogen and oxygen atoms in total. The fourth-order valence-corrected chi connectivity index (χ4v) is 2.69. The molecule has 0 aliphatic heterocycles. The number of sulfonamides is 1. The Kier molecular flexibility index (Phi) is 5.49. The molecule has 0 amide bonds. The summed E-state index contributed by atoms with van der Waals surface area (Å²) in [6, 6.07) is 4.38. The van der Waals surface area contributed by atoms with Crippen LogP contribution in [-0.4, -0.2) is 44.4 Å². The predicted octanol–water partition coefficient (Wildman–Crippen LogP) is 0.118. The summed E-state index contributed by atoms with van der Waals surface area (Å²) in [7, 11) is -2.25. The first-order chi connectivity index (χ1) is 9.27. The number of aliphatic hydroxyl groups excluding tert-OH is 1. The van der Waals surface area contributed by atoms with Crippen LogP contribution in [0.3, 0.4) is 0 Å². The van der Waals surface area contributed by atoms with Crippen molar-refractivity contribution < 1.29 is 28.2 Å². The Morgan fingerprint density at radius 3 is 2.60 bits per heavy atom. The molecule has 1 aromatic rings. The van der Waals surface area contributed by atoms with E-state index in [-0.39, 0.29) is 17.9 Å². The molecule has 20 heavy (non-hydrogen) atoms. The molecule has 3 N–H and O–H groups in total. The maximum atomic E-state index is 12.0. The number of hydrogen-bond acceptors (Lipinski definition) is 5. The molecule has 0 heterocycles. The summed E-state index contributed by atoms with van der Waals surface area (Å²) in [4.78, 5) is 10.5. The van der Waals surface area contributed by atoms with E-state index in [1.165, 1.54) is 25.3 Å². The molecule has 112 valence electrons. The van der Waals surface area contributed by atoms with Crippen molar-refractivity contribution in [3.8, 4) is 5.75 Å². The predicted molar refractivity (Wildman–Crippen MR) is 71.2 cm³/mol. The zero-order valence-electron chi connectivity index (χ0n) is 11.2. The van der Waals surface area contributed by atoms with E-state index in [1.54, 1.807) is 6.92 Å². The first-order valence-corrected chi connectivity index (χ1v) is 7.31. The van der Waals surface area contributed by atoms with Crippen molar-refractivity contribution in [1.82, 2.24) is 4.72 Å². The van der Waals surface area contributed by atoms with E-state index in [2.05, 4.69) is 4.72 Å². The van der Waals surface area contributed by atoms with Crippen LogP contribution in [0.15, 0.2) is 23.1 Å². The van der Waals surface area contributed by atoms with Gasteiger partial charge in [0.1, 0.15) is 5.75 Å². The van der Waals surface area contributed by atoms with Gasteiger partial charge in [0.05, 0.1) is 12.0 Å². The third kappa shape index (κ3) is 4.19. The molecule has 0 spiro atoms. The van der Waals surface area contributed by atoms with Crippen molar-refractivity contribution in [2.75, 3.05) is 13.7 Å². The quantitative estimate of drug-likeness (QED) is 0.659. The Balaban J connectivity index is 2.74. The molecular formula is C12H17NO6S. The maximum absolute atomic E-state index is 12.0. The molecule has 0 bridgehead atoms. The molecule has 0 saturated carbocycles. The van der Waals surface area contributed by atoms with E-state index in [0.29, 0.717) is 11.3 Å². The van der Waals surface area contributed by atoms with Crippen LogP contribution < -0.4 is 9.46 Å². The summed E-state index contributed by atoms with van der Waals surface area (Å²) in [6.45, 7) is 1.55. The first kappa shape index (κ1) is 16.4. The molecule has 0 aliphatic carbocycles. The standard InChI is InChI=1S/C12H17NO6S/c1-8-7-9(3-4-11(8)19-2)20(17,18)13-6-5-10(14)12(15)16/h3-4,7,10,13-14H,5-6H2,1-2H3,(H,15,16)/t10-/m0/s1. The van der Waals surface area contributed by atoms with Crippen molar-refractivity contribution in [1.29, 1.82) is 0 Å². The van der Waals surface area contributed by atoms with E-state index in [9.17, 15) is 13.2 Å². The number of hydrogen-bond donors (Lipinski definition) is 3. The van der Waals surface area contributed by atoms with E-state index >= 15 is 0 Å². The number of nitrogens with one attached hydrogen (secondary N) is 1. The number of aryl methyl sites for hydroxylation is 1. The molecule has 0 unspecified atom stereocenters. The SMILES string of the molecule is COc1ccc(S(=O)(=O)NCC[C@H](O)C(=O)O)cc1C. The lowest BCUT2D eigenvalue weighted by atomic mass is 10.2. The van der Waals surface area contributed by atoms with Crippen LogP contribution in [0.25, 0.3) is 0 Å². The number of ether oxygens (including phenoxy) is 1. The smallest absolute Gasteiger partial charge is 0.332 e. The fraction of sp³-hybridized carbons (Fsp3) is 0.417. The van der Waals surface area contributed by atoms with Gasteiger partial charge in [0.2, 0.25) is 10.0 Å². The number of benzene rings is 1. The zero-order valence-corrected chi connectivity index (χ0v) is 12.0. The number of carbonyl (C=O) groups is 1. The molecule has 1 rings (SSSR count). The van der Waals surface area contributed by atoms with Crippen molar-refractivity contribution in [3.63, 3.8) is 0 Å². The molecule has 0 aliphatic rings. The van der Waals surface area contributed by atoms with Crippen LogP contribution >= 0.6 is 0 Å². The van der Waals surface area contributed by atoms with Gasteiger partial charge >= 0.3 is 5.97 Å². The van der Waals surface area contributed by atoms with Gasteiger partial charge < -0.3 is 14.9 Å². The lowest BCUT2D eigenvalue weighted by molar-refractivity contribution is -0.146. The van der Waals surface area contributed by atoms with Gasteiger partial charge in [0, 0.05) is 6.54 Å². The Hall–Kier alpha value is -1.64. The largest absolute Gasteiger partial charge is 0.496 e. The van der Waals surface area contributed by atoms with E-state index in [1.807, 2.05) is 0 Å². The molecule has 0 radical (unpaired) electrons. The van der Waals surface area contributed by atoms with E-state index in [0.717, 1.165) is 0 Å². The first-order valence-electron chi connectivity index (χ1n) is 5.83. The molecule has 0 aromatic heterocycles. The zero-order chi connectivity index (χ0) is 15.3. The topological polar surface area (TPSA) is 113 Å². The summed E-state index contributed by atoms with van der Waals surface area (Å²) in [5.41, 5.74) is 0.668. The molecule has 8 heteroatoms. The van der Waals surface area contributed by atoms with Gasteiger partial charge in [-0.1, -0.05) is 0 Å². The normalized spacial score (nSPS) is 12.9. The minimum absolute atomic E-state index is 0.0561. The summed E-state index contributed by atoms with van der Waals surface area (Å²) in [5.74, 6) is -0.810. The van der Waals surface area contributed by atoms with Crippen LogP contribution in [0.1, 0.15) is 12.0 Å². The Morgan fingerprint density at radius 2 is 2.10 bits per heavy atom. The van der Waals surface area contributed by atoms with Gasteiger partial charge in [-0.15, -0.1) is 0 Å². The highest BCUT2D eigenvalue weighted by molar-refractivity contribution is 7.89. The maximum Gasteiger partial charge on any atom is 0.332 e. The molecule has 0 fully saturated rings. The molecule has 1 atom stereocenters. The van der Waals surface area contributed by atoms with Gasteiger partial charge in [0.15, 0.2) is 6.10 Å². The van der Waals surface area contributed by atoms with Crippen molar-refractivity contribution >= 4 is 16.0 Å². The average molecular weight is 303 g/mol. The van der Waals surface area contributed by atoms with Crippen molar-refractivity contribution in [2.24, 2.45) is 0 Å². The van der Waals surface area contributed by atoms with Gasteiger partial charge in [-0.2, -0.15) is 0 Å². The lowest BCUT2D eigenvalue weighted by Crippen LogP contribution is -2.30. The second-order valence-corrected chi connectivity index (χ2v) is 5.94. The minimum Gasteiger partial charge on any atom is -0.496 e.